The van der Waals surface area contributed by atoms with Crippen molar-refractivity contribution in [1.82, 2.24) is 10.0 Å². The fraction of sp³-hybridized carbons (Fsp3) is 0.692. The molecular formula is C13H21BrN2O2S2. The maximum Gasteiger partial charge on any atom is 0.242 e. The van der Waals surface area contributed by atoms with Crippen molar-refractivity contribution in [1.29, 1.82) is 0 Å². The van der Waals surface area contributed by atoms with E-state index in [9.17, 15) is 8.42 Å². The maximum absolute atomic E-state index is 12.5. The number of sulfonamides is 1. The zero-order valence-electron chi connectivity index (χ0n) is 12.0. The predicted molar refractivity (Wildman–Crippen MR) is 86.5 cm³/mol. The predicted octanol–water partition coefficient (Wildman–Crippen LogP) is 3.09. The molecule has 1 aromatic rings. The fourth-order valence-corrected chi connectivity index (χ4v) is 6.63. The van der Waals surface area contributed by atoms with E-state index in [4.69, 9.17) is 0 Å². The van der Waals surface area contributed by atoms with Crippen LogP contribution in [-0.2, 0) is 16.6 Å². The summed E-state index contributed by atoms with van der Waals surface area (Å²) in [4.78, 5) is 1.36. The largest absolute Gasteiger partial charge is 0.315 e. The van der Waals surface area contributed by atoms with Crippen LogP contribution in [0.1, 0.15) is 38.0 Å². The van der Waals surface area contributed by atoms with Crippen LogP contribution in [0.3, 0.4) is 0 Å². The number of hydrogen-bond donors (Lipinski definition) is 2. The number of thiophene rings is 1. The van der Waals surface area contributed by atoms with Crippen LogP contribution in [-0.4, -0.2) is 21.5 Å². The molecule has 0 saturated heterocycles. The van der Waals surface area contributed by atoms with Crippen LogP contribution in [0.5, 0.6) is 0 Å². The van der Waals surface area contributed by atoms with Gasteiger partial charge in [-0.1, -0.05) is 13.8 Å². The lowest BCUT2D eigenvalue weighted by atomic mass is 9.92. The SMILES string of the molecule is CNCc1cc(S(=O)(=O)NC2CCC(C)(C)C2)c(Br)s1. The molecule has 2 rings (SSSR count). The van der Waals surface area contributed by atoms with Gasteiger partial charge < -0.3 is 5.32 Å². The lowest BCUT2D eigenvalue weighted by Gasteiger charge is -2.17. The van der Waals surface area contributed by atoms with Crippen molar-refractivity contribution in [2.75, 3.05) is 7.05 Å². The van der Waals surface area contributed by atoms with Gasteiger partial charge in [0.25, 0.3) is 0 Å². The average molecular weight is 381 g/mol. The third-order valence-electron chi connectivity index (χ3n) is 3.64. The Bertz CT molecular complexity index is 581. The molecule has 1 aliphatic rings. The fourth-order valence-electron chi connectivity index (χ4n) is 2.66. The summed E-state index contributed by atoms with van der Waals surface area (Å²) in [6.07, 6.45) is 2.88. The van der Waals surface area contributed by atoms with E-state index in [0.29, 0.717) is 15.2 Å². The number of hydrogen-bond acceptors (Lipinski definition) is 4. The highest BCUT2D eigenvalue weighted by Gasteiger charge is 2.34. The lowest BCUT2D eigenvalue weighted by Crippen LogP contribution is -2.33. The van der Waals surface area contributed by atoms with E-state index in [0.717, 1.165) is 24.1 Å². The van der Waals surface area contributed by atoms with Gasteiger partial charge in [-0.15, -0.1) is 11.3 Å². The maximum atomic E-state index is 12.5. The van der Waals surface area contributed by atoms with Crippen molar-refractivity contribution >= 4 is 37.3 Å². The Balaban J connectivity index is 2.14. The summed E-state index contributed by atoms with van der Waals surface area (Å²) in [5.74, 6) is 0. The minimum Gasteiger partial charge on any atom is -0.315 e. The summed E-state index contributed by atoms with van der Waals surface area (Å²) in [5, 5.41) is 3.03. The molecule has 1 unspecified atom stereocenters. The normalized spacial score (nSPS) is 22.3. The molecule has 1 heterocycles. The topological polar surface area (TPSA) is 58.2 Å². The Morgan fingerprint density at radius 3 is 2.75 bits per heavy atom. The molecule has 7 heteroatoms. The van der Waals surface area contributed by atoms with Gasteiger partial charge in [0.2, 0.25) is 10.0 Å². The summed E-state index contributed by atoms with van der Waals surface area (Å²) in [6.45, 7) is 5.05. The molecule has 1 atom stereocenters. The van der Waals surface area contributed by atoms with Crippen LogP contribution in [0.2, 0.25) is 0 Å². The van der Waals surface area contributed by atoms with Gasteiger partial charge in [0.05, 0.1) is 3.79 Å². The van der Waals surface area contributed by atoms with Crippen LogP contribution in [0.25, 0.3) is 0 Å². The van der Waals surface area contributed by atoms with Crippen molar-refractivity contribution in [3.8, 4) is 0 Å². The van der Waals surface area contributed by atoms with Crippen LogP contribution < -0.4 is 10.0 Å². The standard InChI is InChI=1S/C13H21BrN2O2S2/c1-13(2)5-4-9(7-13)16-20(17,18)11-6-10(8-15-3)19-12(11)14/h6,9,15-16H,4-5,7-8H2,1-3H3. The van der Waals surface area contributed by atoms with Gasteiger partial charge in [-0.3, -0.25) is 0 Å². The van der Waals surface area contributed by atoms with Crippen molar-refractivity contribution < 1.29 is 8.42 Å². The van der Waals surface area contributed by atoms with E-state index in [2.05, 4.69) is 39.8 Å². The van der Waals surface area contributed by atoms with Gasteiger partial charge in [0, 0.05) is 17.5 Å². The molecule has 20 heavy (non-hydrogen) atoms. The summed E-state index contributed by atoms with van der Waals surface area (Å²) < 4.78 is 28.5. The van der Waals surface area contributed by atoms with Gasteiger partial charge in [-0.25, -0.2) is 13.1 Å². The first-order valence-corrected chi connectivity index (χ1v) is 9.78. The van der Waals surface area contributed by atoms with E-state index >= 15 is 0 Å². The van der Waals surface area contributed by atoms with E-state index in [1.54, 1.807) is 6.07 Å². The van der Waals surface area contributed by atoms with Crippen LogP contribution >= 0.6 is 27.3 Å². The first-order chi connectivity index (χ1) is 9.23. The molecule has 0 bridgehead atoms. The molecule has 0 amide bonds. The summed E-state index contributed by atoms with van der Waals surface area (Å²) >= 11 is 4.82. The Morgan fingerprint density at radius 1 is 1.50 bits per heavy atom. The monoisotopic (exact) mass is 380 g/mol. The summed E-state index contributed by atoms with van der Waals surface area (Å²) in [6, 6.07) is 1.79. The number of nitrogens with one attached hydrogen (secondary N) is 2. The zero-order chi connectivity index (χ0) is 15.0. The van der Waals surface area contributed by atoms with Gasteiger partial charge in [-0.05, 0) is 53.7 Å². The lowest BCUT2D eigenvalue weighted by molar-refractivity contribution is 0.372. The quantitative estimate of drug-likeness (QED) is 0.824. The van der Waals surface area contributed by atoms with Gasteiger partial charge in [0.1, 0.15) is 4.90 Å². The van der Waals surface area contributed by atoms with Crippen LogP contribution in [0, 0.1) is 5.41 Å². The van der Waals surface area contributed by atoms with Crippen molar-refractivity contribution in [2.24, 2.45) is 5.41 Å². The van der Waals surface area contributed by atoms with Crippen molar-refractivity contribution in [3.63, 3.8) is 0 Å². The molecule has 2 N–H and O–H groups in total. The molecule has 1 saturated carbocycles. The molecule has 1 aromatic heterocycles. The molecule has 0 radical (unpaired) electrons. The zero-order valence-corrected chi connectivity index (χ0v) is 15.2. The highest BCUT2D eigenvalue weighted by Crippen LogP contribution is 2.38. The number of rotatable bonds is 5. The molecule has 0 spiro atoms. The van der Waals surface area contributed by atoms with Crippen LogP contribution in [0.4, 0.5) is 0 Å². The molecule has 4 nitrogen and oxygen atoms in total. The minimum atomic E-state index is -3.44. The van der Waals surface area contributed by atoms with Gasteiger partial charge in [-0.2, -0.15) is 0 Å². The second-order valence-corrected chi connectivity index (χ2v) is 10.2. The highest BCUT2D eigenvalue weighted by atomic mass is 79.9. The summed E-state index contributed by atoms with van der Waals surface area (Å²) in [5.41, 5.74) is 0.232. The van der Waals surface area contributed by atoms with Gasteiger partial charge in [0.15, 0.2) is 0 Å². The first kappa shape index (κ1) is 16.4. The third-order valence-corrected chi connectivity index (χ3v) is 7.41. The Morgan fingerprint density at radius 2 is 2.20 bits per heavy atom. The smallest absolute Gasteiger partial charge is 0.242 e. The van der Waals surface area contributed by atoms with E-state index < -0.39 is 10.0 Å². The third kappa shape index (κ3) is 3.82. The minimum absolute atomic E-state index is 0.0505. The molecule has 0 aliphatic heterocycles. The molecule has 1 fully saturated rings. The Labute approximate surface area is 133 Å². The second kappa shape index (κ2) is 6.04. The van der Waals surface area contributed by atoms with E-state index in [-0.39, 0.29) is 11.5 Å². The summed E-state index contributed by atoms with van der Waals surface area (Å²) in [7, 11) is -1.59. The molecule has 1 aliphatic carbocycles. The average Bonchev–Trinajstić information content (AvgIpc) is 2.82. The molecule has 0 aromatic carbocycles. The molecular weight excluding hydrogens is 360 g/mol. The van der Waals surface area contributed by atoms with E-state index in [1.807, 2.05) is 7.05 Å². The second-order valence-electron chi connectivity index (χ2n) is 6.11. The Kier molecular flexibility index (Phi) is 4.96. The number of halogens is 1. The molecule has 114 valence electrons. The van der Waals surface area contributed by atoms with E-state index in [1.165, 1.54) is 11.3 Å². The van der Waals surface area contributed by atoms with Crippen molar-refractivity contribution in [2.45, 2.75) is 50.6 Å². The Hall–Kier alpha value is 0.0500. The van der Waals surface area contributed by atoms with Crippen molar-refractivity contribution in [3.05, 3.63) is 14.7 Å². The first-order valence-electron chi connectivity index (χ1n) is 6.69. The highest BCUT2D eigenvalue weighted by molar-refractivity contribution is 9.11. The van der Waals surface area contributed by atoms with Gasteiger partial charge >= 0.3 is 0 Å². The van der Waals surface area contributed by atoms with Crippen LogP contribution in [0.15, 0.2) is 14.7 Å².